The Kier molecular flexibility index (Phi) is 3.25. The molecule has 0 amide bonds. The van der Waals surface area contributed by atoms with E-state index in [1.807, 2.05) is 0 Å². The van der Waals surface area contributed by atoms with Crippen LogP contribution < -0.4 is 5.32 Å². The van der Waals surface area contributed by atoms with Crippen LogP contribution in [-0.2, 0) is 4.74 Å². The lowest BCUT2D eigenvalue weighted by atomic mass is 10.0. The first-order chi connectivity index (χ1) is 7.29. The molecule has 2 aliphatic rings. The summed E-state index contributed by atoms with van der Waals surface area (Å²) in [4.78, 5) is 2.45. The minimum Gasteiger partial charge on any atom is -0.383 e. The molecule has 0 aromatic rings. The van der Waals surface area contributed by atoms with Gasteiger partial charge in [0.05, 0.1) is 12.7 Å². The van der Waals surface area contributed by atoms with Gasteiger partial charge in [-0.1, -0.05) is 0 Å². The van der Waals surface area contributed by atoms with E-state index in [0.717, 1.165) is 32.1 Å². The summed E-state index contributed by atoms with van der Waals surface area (Å²) >= 11 is 0. The molecule has 0 aromatic heterocycles. The van der Waals surface area contributed by atoms with Gasteiger partial charge >= 0.3 is 0 Å². The Morgan fingerprint density at radius 2 is 2.40 bits per heavy atom. The SMILES string of the molecule is COCCNC1(C#N)CCN(C2CC2)C1. The van der Waals surface area contributed by atoms with Crippen molar-refractivity contribution in [2.75, 3.05) is 33.4 Å². The van der Waals surface area contributed by atoms with Gasteiger partial charge in [-0.05, 0) is 19.3 Å². The molecule has 84 valence electrons. The standard InChI is InChI=1S/C11H19N3O/c1-15-7-5-13-11(8-12)4-6-14(9-11)10-2-3-10/h10,13H,2-7,9H2,1H3. The van der Waals surface area contributed by atoms with E-state index in [1.54, 1.807) is 7.11 Å². The Bertz CT molecular complexity index is 259. The van der Waals surface area contributed by atoms with Gasteiger partial charge in [0.25, 0.3) is 0 Å². The largest absolute Gasteiger partial charge is 0.383 e. The van der Waals surface area contributed by atoms with Crippen molar-refractivity contribution >= 4 is 0 Å². The number of rotatable bonds is 5. The van der Waals surface area contributed by atoms with Crippen LogP contribution in [0.4, 0.5) is 0 Å². The van der Waals surface area contributed by atoms with E-state index in [9.17, 15) is 5.26 Å². The fraction of sp³-hybridized carbons (Fsp3) is 0.909. The normalized spacial score (nSPS) is 31.7. The average Bonchev–Trinajstić information content (AvgIpc) is 3.02. The van der Waals surface area contributed by atoms with Crippen LogP contribution in [-0.4, -0.2) is 49.8 Å². The smallest absolute Gasteiger partial charge is 0.120 e. The first-order valence-corrected chi connectivity index (χ1v) is 5.69. The van der Waals surface area contributed by atoms with Gasteiger partial charge in [-0.15, -0.1) is 0 Å². The van der Waals surface area contributed by atoms with E-state index in [4.69, 9.17) is 4.74 Å². The van der Waals surface area contributed by atoms with Gasteiger partial charge in [0.15, 0.2) is 0 Å². The number of nitrogens with one attached hydrogen (secondary N) is 1. The van der Waals surface area contributed by atoms with Crippen molar-refractivity contribution in [2.24, 2.45) is 0 Å². The lowest BCUT2D eigenvalue weighted by Gasteiger charge is -2.23. The number of nitrogens with zero attached hydrogens (tertiary/aromatic N) is 2. The molecule has 1 unspecified atom stereocenters. The third-order valence-electron chi connectivity index (χ3n) is 3.35. The topological polar surface area (TPSA) is 48.3 Å². The first kappa shape index (κ1) is 10.9. The van der Waals surface area contributed by atoms with Gasteiger partial charge in [-0.2, -0.15) is 5.26 Å². The van der Waals surface area contributed by atoms with Crippen molar-refractivity contribution in [3.8, 4) is 6.07 Å². The second kappa shape index (κ2) is 4.48. The van der Waals surface area contributed by atoms with Gasteiger partial charge < -0.3 is 4.74 Å². The number of nitriles is 1. The maximum atomic E-state index is 9.26. The summed E-state index contributed by atoms with van der Waals surface area (Å²) in [6.07, 6.45) is 3.59. The number of methoxy groups -OCH3 is 1. The van der Waals surface area contributed by atoms with Crippen molar-refractivity contribution in [1.82, 2.24) is 10.2 Å². The summed E-state index contributed by atoms with van der Waals surface area (Å²) in [6.45, 7) is 3.39. The van der Waals surface area contributed by atoms with Crippen molar-refractivity contribution < 1.29 is 4.74 Å². The molecule has 1 atom stereocenters. The van der Waals surface area contributed by atoms with E-state index in [2.05, 4.69) is 16.3 Å². The third-order valence-corrected chi connectivity index (χ3v) is 3.35. The Morgan fingerprint density at radius 3 is 3.00 bits per heavy atom. The molecule has 1 N–H and O–H groups in total. The summed E-state index contributed by atoms with van der Waals surface area (Å²) in [6, 6.07) is 3.21. The lowest BCUT2D eigenvalue weighted by Crippen LogP contribution is -2.47. The molecule has 2 rings (SSSR count). The molecule has 1 saturated carbocycles. The van der Waals surface area contributed by atoms with Gasteiger partial charge in [0.1, 0.15) is 5.54 Å². The Labute approximate surface area is 91.2 Å². The van der Waals surface area contributed by atoms with Crippen LogP contribution in [0.25, 0.3) is 0 Å². The molecule has 0 spiro atoms. The highest BCUT2D eigenvalue weighted by Crippen LogP contribution is 2.33. The second-order valence-corrected chi connectivity index (χ2v) is 4.57. The lowest BCUT2D eigenvalue weighted by molar-refractivity contribution is 0.190. The first-order valence-electron chi connectivity index (χ1n) is 5.69. The highest BCUT2D eigenvalue weighted by atomic mass is 16.5. The zero-order valence-electron chi connectivity index (χ0n) is 9.33. The molecule has 15 heavy (non-hydrogen) atoms. The zero-order chi connectivity index (χ0) is 10.7. The van der Waals surface area contributed by atoms with E-state index in [0.29, 0.717) is 6.61 Å². The highest BCUT2D eigenvalue weighted by molar-refractivity contribution is 5.14. The van der Waals surface area contributed by atoms with Crippen LogP contribution in [0.3, 0.4) is 0 Å². The highest BCUT2D eigenvalue weighted by Gasteiger charge is 2.43. The molecule has 0 bridgehead atoms. The second-order valence-electron chi connectivity index (χ2n) is 4.57. The van der Waals surface area contributed by atoms with Crippen LogP contribution in [0.1, 0.15) is 19.3 Å². The predicted octanol–water partition coefficient (Wildman–Crippen LogP) is 0.353. The summed E-state index contributed by atoms with van der Waals surface area (Å²) in [5.74, 6) is 0. The molecule has 4 heteroatoms. The molecule has 1 saturated heterocycles. The molecule has 1 aliphatic heterocycles. The maximum absolute atomic E-state index is 9.26. The molecule has 1 heterocycles. The Balaban J connectivity index is 1.84. The fourth-order valence-electron chi connectivity index (χ4n) is 2.26. The summed E-state index contributed by atoms with van der Waals surface area (Å²) in [5.41, 5.74) is -0.318. The predicted molar refractivity (Wildman–Crippen MR) is 57.4 cm³/mol. The molecule has 1 aliphatic carbocycles. The van der Waals surface area contributed by atoms with Crippen LogP contribution in [0.2, 0.25) is 0 Å². The van der Waals surface area contributed by atoms with E-state index < -0.39 is 0 Å². The van der Waals surface area contributed by atoms with Crippen molar-refractivity contribution in [2.45, 2.75) is 30.8 Å². The summed E-state index contributed by atoms with van der Waals surface area (Å²) in [7, 11) is 1.69. The molecule has 0 radical (unpaired) electrons. The summed E-state index contributed by atoms with van der Waals surface area (Å²) < 4.78 is 4.99. The average molecular weight is 209 g/mol. The zero-order valence-corrected chi connectivity index (χ0v) is 9.33. The van der Waals surface area contributed by atoms with Crippen LogP contribution in [0.15, 0.2) is 0 Å². The van der Waals surface area contributed by atoms with Gasteiger partial charge in [0, 0.05) is 32.8 Å². The Hall–Kier alpha value is -0.630. The molecule has 2 fully saturated rings. The minimum absolute atomic E-state index is 0.318. The monoisotopic (exact) mass is 209 g/mol. The molecular weight excluding hydrogens is 190 g/mol. The van der Waals surface area contributed by atoms with E-state index >= 15 is 0 Å². The van der Waals surface area contributed by atoms with Gasteiger partial charge in [-0.3, -0.25) is 10.2 Å². The Morgan fingerprint density at radius 1 is 1.60 bits per heavy atom. The van der Waals surface area contributed by atoms with E-state index in [-0.39, 0.29) is 5.54 Å². The quantitative estimate of drug-likeness (QED) is 0.664. The maximum Gasteiger partial charge on any atom is 0.120 e. The van der Waals surface area contributed by atoms with Crippen molar-refractivity contribution in [1.29, 1.82) is 5.26 Å². The number of ether oxygens (including phenoxy) is 1. The molecule has 0 aromatic carbocycles. The van der Waals surface area contributed by atoms with Gasteiger partial charge in [-0.25, -0.2) is 0 Å². The van der Waals surface area contributed by atoms with Crippen molar-refractivity contribution in [3.63, 3.8) is 0 Å². The minimum atomic E-state index is -0.318. The van der Waals surface area contributed by atoms with E-state index in [1.165, 1.54) is 12.8 Å². The van der Waals surface area contributed by atoms with Crippen LogP contribution >= 0.6 is 0 Å². The number of likely N-dealkylation sites (tertiary alicyclic amines) is 1. The van der Waals surface area contributed by atoms with Gasteiger partial charge in [0.2, 0.25) is 0 Å². The molecular formula is C11H19N3O. The number of hydrogen-bond donors (Lipinski definition) is 1. The number of hydrogen-bond acceptors (Lipinski definition) is 4. The fourth-order valence-corrected chi connectivity index (χ4v) is 2.26. The van der Waals surface area contributed by atoms with Crippen LogP contribution in [0.5, 0.6) is 0 Å². The molecule has 4 nitrogen and oxygen atoms in total. The van der Waals surface area contributed by atoms with Crippen molar-refractivity contribution in [3.05, 3.63) is 0 Å². The third kappa shape index (κ3) is 2.49. The summed E-state index contributed by atoms with van der Waals surface area (Å²) in [5, 5.41) is 12.6. The van der Waals surface area contributed by atoms with Crippen LogP contribution in [0, 0.1) is 11.3 Å².